The van der Waals surface area contributed by atoms with E-state index in [4.69, 9.17) is 5.26 Å². The normalized spacial score (nSPS) is 10.5. The average Bonchev–Trinajstić information content (AvgIpc) is 2.88. The van der Waals surface area contributed by atoms with Crippen LogP contribution in [0, 0.1) is 18.3 Å². The first kappa shape index (κ1) is 12.9. The van der Waals surface area contributed by atoms with Crippen molar-refractivity contribution in [3.8, 4) is 17.2 Å². The molecule has 3 rings (SSSR count). The van der Waals surface area contributed by atoms with Crippen LogP contribution in [0.1, 0.15) is 21.6 Å². The molecule has 0 bridgehead atoms. The Bertz CT molecular complexity index is 884. The summed E-state index contributed by atoms with van der Waals surface area (Å²) >= 11 is 0. The lowest BCUT2D eigenvalue weighted by atomic mass is 10.00. The first-order valence-electron chi connectivity index (χ1n) is 6.47. The van der Waals surface area contributed by atoms with Crippen molar-refractivity contribution in [1.29, 1.82) is 5.26 Å². The average molecular weight is 276 g/mol. The third-order valence-corrected chi connectivity index (χ3v) is 3.56. The fraction of sp³-hybridized carbons (Fsp3) is 0.0588. The van der Waals surface area contributed by atoms with E-state index in [1.165, 1.54) is 0 Å². The lowest BCUT2D eigenvalue weighted by molar-refractivity contribution is 0.0692. The van der Waals surface area contributed by atoms with Crippen molar-refractivity contribution in [2.75, 3.05) is 0 Å². The number of fused-ring (bicyclic) bond motifs is 1. The van der Waals surface area contributed by atoms with Crippen LogP contribution in [0.25, 0.3) is 22.0 Å². The summed E-state index contributed by atoms with van der Waals surface area (Å²) in [5.41, 5.74) is 3.98. The zero-order chi connectivity index (χ0) is 15.0. The molecule has 21 heavy (non-hydrogen) atoms. The van der Waals surface area contributed by atoms with Crippen molar-refractivity contribution in [2.45, 2.75) is 6.92 Å². The predicted octanol–water partition coefficient (Wildman–Crippen LogP) is 3.71. The van der Waals surface area contributed by atoms with Gasteiger partial charge in [0.1, 0.15) is 5.69 Å². The lowest BCUT2D eigenvalue weighted by Gasteiger charge is -2.02. The number of carbonyl (C=O) groups is 1. The summed E-state index contributed by atoms with van der Waals surface area (Å²) in [5, 5.41) is 19.2. The second kappa shape index (κ2) is 4.80. The van der Waals surface area contributed by atoms with E-state index in [0.29, 0.717) is 11.1 Å². The van der Waals surface area contributed by atoms with Crippen LogP contribution in [0.2, 0.25) is 0 Å². The zero-order valence-electron chi connectivity index (χ0n) is 11.3. The summed E-state index contributed by atoms with van der Waals surface area (Å²) in [6, 6.07) is 14.7. The Morgan fingerprint density at radius 2 is 1.90 bits per heavy atom. The Kier molecular flexibility index (Phi) is 2.96. The molecule has 0 aliphatic heterocycles. The van der Waals surface area contributed by atoms with Crippen molar-refractivity contribution in [1.82, 2.24) is 4.98 Å². The van der Waals surface area contributed by atoms with Gasteiger partial charge in [-0.3, -0.25) is 0 Å². The molecule has 2 aromatic carbocycles. The number of carboxylic acids is 1. The molecule has 0 aliphatic carbocycles. The van der Waals surface area contributed by atoms with Crippen molar-refractivity contribution in [3.63, 3.8) is 0 Å². The molecular formula is C17H12N2O2. The Labute approximate surface area is 121 Å². The van der Waals surface area contributed by atoms with Crippen LogP contribution in [0.15, 0.2) is 42.5 Å². The standard InChI is InChI=1S/C17H12N2O2/c1-10-3-2-4-13-14(16(17(20)21)19-15(10)13)12-7-5-11(9-18)6-8-12/h2-8,19H,1H3,(H,20,21). The predicted molar refractivity (Wildman–Crippen MR) is 80.1 cm³/mol. The fourth-order valence-corrected chi connectivity index (χ4v) is 2.54. The van der Waals surface area contributed by atoms with Gasteiger partial charge in [0.15, 0.2) is 0 Å². The third kappa shape index (κ3) is 2.05. The quantitative estimate of drug-likeness (QED) is 0.749. The highest BCUT2D eigenvalue weighted by molar-refractivity contribution is 6.08. The number of hydrogen-bond acceptors (Lipinski definition) is 2. The van der Waals surface area contributed by atoms with Gasteiger partial charge in [-0.2, -0.15) is 5.26 Å². The maximum absolute atomic E-state index is 11.5. The molecule has 4 heteroatoms. The maximum atomic E-state index is 11.5. The molecule has 0 spiro atoms. The Morgan fingerprint density at radius 3 is 2.52 bits per heavy atom. The largest absolute Gasteiger partial charge is 0.477 e. The van der Waals surface area contributed by atoms with Crippen LogP contribution < -0.4 is 0 Å². The second-order valence-corrected chi connectivity index (χ2v) is 4.87. The number of hydrogen-bond donors (Lipinski definition) is 2. The number of H-pyrrole nitrogens is 1. The molecule has 102 valence electrons. The number of benzene rings is 2. The number of nitriles is 1. The van der Waals surface area contributed by atoms with Crippen LogP contribution in [0.4, 0.5) is 0 Å². The molecule has 0 aliphatic rings. The van der Waals surface area contributed by atoms with Gasteiger partial charge in [0.2, 0.25) is 0 Å². The van der Waals surface area contributed by atoms with Gasteiger partial charge in [0.25, 0.3) is 0 Å². The summed E-state index contributed by atoms with van der Waals surface area (Å²) in [7, 11) is 0. The van der Waals surface area contributed by atoms with Crippen molar-refractivity contribution in [2.24, 2.45) is 0 Å². The number of aromatic nitrogens is 1. The molecule has 0 amide bonds. The molecule has 2 N–H and O–H groups in total. The number of rotatable bonds is 2. The smallest absolute Gasteiger partial charge is 0.352 e. The number of carboxylic acid groups (broad SMARTS) is 1. The minimum absolute atomic E-state index is 0.170. The second-order valence-electron chi connectivity index (χ2n) is 4.87. The Morgan fingerprint density at radius 1 is 1.19 bits per heavy atom. The van der Waals surface area contributed by atoms with E-state index < -0.39 is 5.97 Å². The first-order valence-corrected chi connectivity index (χ1v) is 6.47. The van der Waals surface area contributed by atoms with E-state index in [9.17, 15) is 9.90 Å². The molecule has 1 heterocycles. The number of aromatic carboxylic acids is 1. The van der Waals surface area contributed by atoms with E-state index in [1.54, 1.807) is 24.3 Å². The molecule has 0 radical (unpaired) electrons. The van der Waals surface area contributed by atoms with Crippen molar-refractivity contribution in [3.05, 3.63) is 59.3 Å². The summed E-state index contributed by atoms with van der Waals surface area (Å²) < 4.78 is 0. The van der Waals surface area contributed by atoms with Crippen LogP contribution in [-0.4, -0.2) is 16.1 Å². The SMILES string of the molecule is Cc1cccc2c(-c3ccc(C#N)cc3)c(C(=O)O)[nH]c12. The zero-order valence-corrected chi connectivity index (χ0v) is 11.3. The fourth-order valence-electron chi connectivity index (χ4n) is 2.54. The minimum Gasteiger partial charge on any atom is -0.477 e. The number of nitrogens with zero attached hydrogens (tertiary/aromatic N) is 1. The van der Waals surface area contributed by atoms with Gasteiger partial charge in [-0.15, -0.1) is 0 Å². The summed E-state index contributed by atoms with van der Waals surface area (Å²) in [4.78, 5) is 14.5. The molecule has 1 aromatic heterocycles. The van der Waals surface area contributed by atoms with Gasteiger partial charge in [-0.25, -0.2) is 4.79 Å². The lowest BCUT2D eigenvalue weighted by Crippen LogP contribution is -1.98. The minimum atomic E-state index is -0.995. The molecule has 0 unspecified atom stereocenters. The van der Waals surface area contributed by atoms with E-state index in [1.807, 2.05) is 25.1 Å². The molecule has 0 saturated carbocycles. The van der Waals surface area contributed by atoms with Gasteiger partial charge in [0.05, 0.1) is 11.6 Å². The molecular weight excluding hydrogens is 264 g/mol. The molecule has 0 atom stereocenters. The van der Waals surface area contributed by atoms with Gasteiger partial charge in [0, 0.05) is 16.5 Å². The molecule has 0 fully saturated rings. The first-order chi connectivity index (χ1) is 10.1. The summed E-state index contributed by atoms with van der Waals surface area (Å²) in [6.07, 6.45) is 0. The molecule has 0 saturated heterocycles. The van der Waals surface area contributed by atoms with Gasteiger partial charge in [-0.1, -0.05) is 30.3 Å². The van der Waals surface area contributed by atoms with Crippen LogP contribution in [-0.2, 0) is 0 Å². The van der Waals surface area contributed by atoms with E-state index in [-0.39, 0.29) is 5.69 Å². The van der Waals surface area contributed by atoms with Crippen LogP contribution in [0.3, 0.4) is 0 Å². The van der Waals surface area contributed by atoms with Crippen LogP contribution in [0.5, 0.6) is 0 Å². The highest BCUT2D eigenvalue weighted by Crippen LogP contribution is 2.33. The monoisotopic (exact) mass is 276 g/mol. The molecule has 4 nitrogen and oxygen atoms in total. The van der Waals surface area contributed by atoms with Gasteiger partial charge in [-0.05, 0) is 30.2 Å². The van der Waals surface area contributed by atoms with Crippen LogP contribution >= 0.6 is 0 Å². The maximum Gasteiger partial charge on any atom is 0.352 e. The van der Waals surface area contributed by atoms with Gasteiger partial charge >= 0.3 is 5.97 Å². The van der Waals surface area contributed by atoms with Crippen molar-refractivity contribution >= 4 is 16.9 Å². The van der Waals surface area contributed by atoms with E-state index in [0.717, 1.165) is 22.0 Å². The molecule has 3 aromatic rings. The van der Waals surface area contributed by atoms with Crippen molar-refractivity contribution < 1.29 is 9.90 Å². The Balaban J connectivity index is 2.34. The highest BCUT2D eigenvalue weighted by atomic mass is 16.4. The van der Waals surface area contributed by atoms with Gasteiger partial charge < -0.3 is 10.1 Å². The highest BCUT2D eigenvalue weighted by Gasteiger charge is 2.19. The number of para-hydroxylation sites is 1. The third-order valence-electron chi connectivity index (χ3n) is 3.56. The Hall–Kier alpha value is -3.06. The topological polar surface area (TPSA) is 76.9 Å². The number of aromatic amines is 1. The summed E-state index contributed by atoms with van der Waals surface area (Å²) in [6.45, 7) is 1.94. The number of aryl methyl sites for hydroxylation is 1. The number of nitrogens with one attached hydrogen (secondary N) is 1. The summed E-state index contributed by atoms with van der Waals surface area (Å²) in [5.74, 6) is -0.995. The van der Waals surface area contributed by atoms with E-state index in [2.05, 4.69) is 11.1 Å². The van der Waals surface area contributed by atoms with E-state index >= 15 is 0 Å².